The third-order valence-corrected chi connectivity index (χ3v) is 6.70. The zero-order valence-corrected chi connectivity index (χ0v) is 15.9. The maximum absolute atomic E-state index is 13.7. The summed E-state index contributed by atoms with van der Waals surface area (Å²) < 4.78 is 38.1. The largest absolute Gasteiger partial charge is 0.242 e. The molecule has 144 valence electrons. The Morgan fingerprint density at radius 1 is 0.962 bits per heavy atom. The highest BCUT2D eigenvalue weighted by molar-refractivity contribution is 6.30. The molecule has 0 aromatic heterocycles. The third kappa shape index (κ3) is 5.28. The normalized spacial score (nSPS) is 30.2. The Hall–Kier alpha value is -0.960. The summed E-state index contributed by atoms with van der Waals surface area (Å²) in [5.41, 5.74) is 1.08. The predicted octanol–water partition coefficient (Wildman–Crippen LogP) is 7.77. The van der Waals surface area contributed by atoms with E-state index in [9.17, 15) is 13.2 Å². The van der Waals surface area contributed by atoms with Crippen LogP contribution in [0.3, 0.4) is 0 Å². The van der Waals surface area contributed by atoms with Crippen LogP contribution in [0, 0.1) is 23.6 Å². The molecule has 0 aliphatic heterocycles. The van der Waals surface area contributed by atoms with E-state index in [1.54, 1.807) is 18.2 Å². The van der Waals surface area contributed by atoms with E-state index < -0.39 is 6.43 Å². The van der Waals surface area contributed by atoms with Crippen LogP contribution in [0.5, 0.6) is 0 Å². The zero-order valence-electron chi connectivity index (χ0n) is 15.1. The van der Waals surface area contributed by atoms with Crippen LogP contribution in [0.1, 0.15) is 69.3 Å². The summed E-state index contributed by atoms with van der Waals surface area (Å²) in [6, 6.07) is 5.23. The second-order valence-corrected chi connectivity index (χ2v) is 8.42. The Kier molecular flexibility index (Phi) is 7.08. The number of alkyl halides is 2. The summed E-state index contributed by atoms with van der Waals surface area (Å²) in [6.07, 6.45) is 10.7. The maximum Gasteiger partial charge on any atom is 0.242 e. The van der Waals surface area contributed by atoms with Crippen molar-refractivity contribution < 1.29 is 13.2 Å². The van der Waals surface area contributed by atoms with Gasteiger partial charge in [-0.2, -0.15) is 0 Å². The topological polar surface area (TPSA) is 0 Å². The second-order valence-electron chi connectivity index (χ2n) is 8.02. The smallest absolute Gasteiger partial charge is 0.210 e. The van der Waals surface area contributed by atoms with Gasteiger partial charge in [0.2, 0.25) is 6.43 Å². The lowest BCUT2D eigenvalue weighted by Crippen LogP contribution is -2.25. The van der Waals surface area contributed by atoms with Gasteiger partial charge >= 0.3 is 0 Å². The minimum atomic E-state index is -2.23. The van der Waals surface area contributed by atoms with Crippen LogP contribution in [0.15, 0.2) is 30.4 Å². The Bertz CT molecular complexity index is 597. The summed E-state index contributed by atoms with van der Waals surface area (Å²) in [7, 11) is 0. The third-order valence-electron chi connectivity index (χ3n) is 6.39. The maximum atomic E-state index is 13.7. The van der Waals surface area contributed by atoms with Gasteiger partial charge in [0.15, 0.2) is 0 Å². The molecule has 4 heteroatoms. The number of hydrogen-bond acceptors (Lipinski definition) is 0. The van der Waals surface area contributed by atoms with Gasteiger partial charge in [-0.1, -0.05) is 29.8 Å². The number of halogens is 4. The molecule has 0 radical (unpaired) electrons. The summed E-state index contributed by atoms with van der Waals surface area (Å²) in [5.74, 6) is 2.17. The van der Waals surface area contributed by atoms with Gasteiger partial charge in [-0.25, -0.2) is 13.2 Å². The van der Waals surface area contributed by atoms with Gasteiger partial charge in [-0.15, -0.1) is 0 Å². The first-order valence-electron chi connectivity index (χ1n) is 9.92. The summed E-state index contributed by atoms with van der Waals surface area (Å²) in [6.45, 7) is 0. The molecule has 3 rings (SSSR count). The average molecular weight is 385 g/mol. The van der Waals surface area contributed by atoms with Crippen molar-refractivity contribution in [2.75, 3.05) is 0 Å². The van der Waals surface area contributed by atoms with Crippen LogP contribution in [-0.2, 0) is 0 Å². The molecule has 0 nitrogen and oxygen atoms in total. The molecule has 0 N–H and O–H groups in total. The van der Waals surface area contributed by atoms with E-state index in [1.165, 1.54) is 25.7 Å². The second kappa shape index (κ2) is 9.30. The lowest BCUT2D eigenvalue weighted by Gasteiger charge is -2.37. The van der Waals surface area contributed by atoms with E-state index in [-0.39, 0.29) is 17.3 Å². The Morgan fingerprint density at radius 2 is 1.58 bits per heavy atom. The van der Waals surface area contributed by atoms with Gasteiger partial charge in [-0.3, -0.25) is 0 Å². The lowest BCUT2D eigenvalue weighted by molar-refractivity contribution is 0.151. The lowest BCUT2D eigenvalue weighted by atomic mass is 9.68. The molecule has 1 aromatic carbocycles. The van der Waals surface area contributed by atoms with Crippen molar-refractivity contribution in [2.24, 2.45) is 17.8 Å². The first-order chi connectivity index (χ1) is 12.5. The molecule has 1 aromatic rings. The molecular formula is C22H28ClF3. The standard InChI is InChI=1S/C22H28ClF3/c23-20-13-12-19(14-21(20)24)18-10-8-17(9-11-18)16-6-4-15(5-7-16)2-1-3-22(25)26/h1-2,12-18,22H,3-11H2/b2-1+. The number of hydrogen-bond donors (Lipinski definition) is 0. The van der Waals surface area contributed by atoms with Crippen molar-refractivity contribution in [2.45, 2.75) is 70.1 Å². The Morgan fingerprint density at radius 3 is 2.15 bits per heavy atom. The highest BCUT2D eigenvalue weighted by Gasteiger charge is 2.30. The van der Waals surface area contributed by atoms with Crippen LogP contribution in [0.4, 0.5) is 13.2 Å². The van der Waals surface area contributed by atoms with E-state index >= 15 is 0 Å². The summed E-state index contributed by atoms with van der Waals surface area (Å²) in [4.78, 5) is 0. The van der Waals surface area contributed by atoms with Crippen molar-refractivity contribution in [1.82, 2.24) is 0 Å². The van der Waals surface area contributed by atoms with E-state index in [2.05, 4.69) is 0 Å². The molecule has 0 amide bonds. The van der Waals surface area contributed by atoms with Gasteiger partial charge in [0.1, 0.15) is 5.82 Å². The van der Waals surface area contributed by atoms with Crippen LogP contribution >= 0.6 is 11.6 Å². The van der Waals surface area contributed by atoms with Crippen molar-refractivity contribution in [1.29, 1.82) is 0 Å². The van der Waals surface area contributed by atoms with Crippen molar-refractivity contribution >= 4 is 11.6 Å². The van der Waals surface area contributed by atoms with Crippen molar-refractivity contribution in [3.8, 4) is 0 Å². The zero-order chi connectivity index (χ0) is 18.5. The number of allylic oxidation sites excluding steroid dienone is 2. The van der Waals surface area contributed by atoms with Gasteiger partial charge in [0, 0.05) is 6.42 Å². The quantitative estimate of drug-likeness (QED) is 0.455. The summed E-state index contributed by atoms with van der Waals surface area (Å²) >= 11 is 5.79. The minimum Gasteiger partial charge on any atom is -0.210 e. The molecule has 2 aliphatic rings. The van der Waals surface area contributed by atoms with Gasteiger partial charge in [0.05, 0.1) is 5.02 Å². The van der Waals surface area contributed by atoms with Crippen LogP contribution in [0.2, 0.25) is 5.02 Å². The van der Waals surface area contributed by atoms with Gasteiger partial charge < -0.3 is 0 Å². The molecule has 2 fully saturated rings. The predicted molar refractivity (Wildman–Crippen MR) is 101 cm³/mol. The molecule has 26 heavy (non-hydrogen) atoms. The molecule has 0 unspecified atom stereocenters. The van der Waals surface area contributed by atoms with Crippen LogP contribution in [-0.4, -0.2) is 6.43 Å². The highest BCUT2D eigenvalue weighted by Crippen LogP contribution is 2.44. The van der Waals surface area contributed by atoms with E-state index in [4.69, 9.17) is 11.6 Å². The van der Waals surface area contributed by atoms with Crippen LogP contribution < -0.4 is 0 Å². The van der Waals surface area contributed by atoms with Crippen molar-refractivity contribution in [3.63, 3.8) is 0 Å². The molecule has 0 saturated heterocycles. The molecule has 2 saturated carbocycles. The van der Waals surface area contributed by atoms with Gasteiger partial charge in [0.25, 0.3) is 0 Å². The molecule has 0 spiro atoms. The Labute approximate surface area is 159 Å². The van der Waals surface area contributed by atoms with Gasteiger partial charge in [-0.05, 0) is 92.7 Å². The first-order valence-corrected chi connectivity index (χ1v) is 10.3. The molecular weight excluding hydrogens is 357 g/mol. The van der Waals surface area contributed by atoms with E-state index in [0.29, 0.717) is 11.8 Å². The number of benzene rings is 1. The molecule has 0 bridgehead atoms. The molecule has 0 heterocycles. The molecule has 2 aliphatic carbocycles. The molecule has 0 atom stereocenters. The van der Waals surface area contributed by atoms with Crippen molar-refractivity contribution in [3.05, 3.63) is 46.8 Å². The fourth-order valence-electron chi connectivity index (χ4n) is 4.87. The minimum absolute atomic E-state index is 0.116. The highest BCUT2D eigenvalue weighted by atomic mass is 35.5. The van der Waals surface area contributed by atoms with Crippen LogP contribution in [0.25, 0.3) is 0 Å². The van der Waals surface area contributed by atoms with E-state index in [0.717, 1.165) is 43.1 Å². The first kappa shape index (κ1) is 19.8. The summed E-state index contributed by atoms with van der Waals surface area (Å²) in [5, 5.41) is 0.196. The average Bonchev–Trinajstić information content (AvgIpc) is 2.64. The monoisotopic (exact) mass is 384 g/mol. The Balaban J connectivity index is 1.44. The van der Waals surface area contributed by atoms with E-state index in [1.807, 2.05) is 12.1 Å². The SMILES string of the molecule is Fc1cc(C2CCC(C3CCC(/C=C/CC(F)F)CC3)CC2)ccc1Cl. The fraction of sp³-hybridized carbons (Fsp3) is 0.636. The number of rotatable bonds is 5. The fourth-order valence-corrected chi connectivity index (χ4v) is 4.99.